The van der Waals surface area contributed by atoms with Crippen LogP contribution in [0.15, 0.2) is 0 Å². The Labute approximate surface area is 123 Å². The van der Waals surface area contributed by atoms with Gasteiger partial charge >= 0.3 is 11.9 Å². The minimum absolute atomic E-state index is 0.107. The molecule has 5 N–H and O–H groups in total. The Morgan fingerprint density at radius 3 is 2.38 bits per heavy atom. The molecule has 8 heteroatoms. The van der Waals surface area contributed by atoms with Gasteiger partial charge in [-0.2, -0.15) is 0 Å². The molecule has 21 heavy (non-hydrogen) atoms. The smallest absolute Gasteiger partial charge is 0.326 e. The van der Waals surface area contributed by atoms with Crippen molar-refractivity contribution in [1.29, 1.82) is 0 Å². The number of aliphatic carboxylic acids is 2. The quantitative estimate of drug-likeness (QED) is 0.463. The summed E-state index contributed by atoms with van der Waals surface area (Å²) in [7, 11) is 0. The Bertz CT molecular complexity index is 380. The van der Waals surface area contributed by atoms with Crippen molar-refractivity contribution in [3.05, 3.63) is 0 Å². The number of nitrogens with one attached hydrogen (secondary N) is 1. The number of carboxylic acid groups (broad SMARTS) is 2. The zero-order chi connectivity index (χ0) is 15.8. The van der Waals surface area contributed by atoms with Crippen LogP contribution in [0.25, 0.3) is 0 Å². The lowest BCUT2D eigenvalue weighted by atomic mass is 10.1. The lowest BCUT2D eigenvalue weighted by molar-refractivity contribution is -0.143. The molecule has 0 saturated carbocycles. The average Bonchev–Trinajstić information content (AvgIpc) is 2.39. The van der Waals surface area contributed by atoms with Crippen LogP contribution < -0.4 is 11.1 Å². The molecular formula is C13H23N3O5. The summed E-state index contributed by atoms with van der Waals surface area (Å²) in [4.78, 5) is 35.2. The fourth-order valence-corrected chi connectivity index (χ4v) is 2.27. The maximum absolute atomic E-state index is 11.8. The van der Waals surface area contributed by atoms with Gasteiger partial charge in [0.1, 0.15) is 6.04 Å². The second-order valence-electron chi connectivity index (χ2n) is 5.36. The van der Waals surface area contributed by atoms with E-state index in [4.69, 9.17) is 15.9 Å². The van der Waals surface area contributed by atoms with Gasteiger partial charge in [0.25, 0.3) is 0 Å². The van der Waals surface area contributed by atoms with E-state index in [0.717, 1.165) is 25.9 Å². The van der Waals surface area contributed by atoms with Crippen molar-refractivity contribution in [2.75, 3.05) is 19.6 Å². The predicted molar refractivity (Wildman–Crippen MR) is 74.7 cm³/mol. The summed E-state index contributed by atoms with van der Waals surface area (Å²) in [6.45, 7) is 1.60. The molecule has 1 heterocycles. The van der Waals surface area contributed by atoms with Crippen LogP contribution >= 0.6 is 0 Å². The van der Waals surface area contributed by atoms with E-state index in [1.165, 1.54) is 0 Å². The number of likely N-dealkylation sites (tertiary alicyclic amines) is 1. The zero-order valence-corrected chi connectivity index (χ0v) is 12.0. The standard InChI is InChI=1S/C13H23N3O5/c14-9-4-6-16(7-5-9)8-11(17)15-10(13(20)21)2-1-3-12(18)19/h9-10H,1-8,14H2,(H,15,17)(H,18,19)(H,20,21)/t10-/m1/s1. The molecule has 0 aromatic rings. The van der Waals surface area contributed by atoms with E-state index < -0.39 is 18.0 Å². The van der Waals surface area contributed by atoms with Crippen molar-refractivity contribution >= 4 is 17.8 Å². The van der Waals surface area contributed by atoms with Crippen LogP contribution in [0.4, 0.5) is 0 Å². The van der Waals surface area contributed by atoms with Crippen molar-refractivity contribution in [2.24, 2.45) is 5.73 Å². The van der Waals surface area contributed by atoms with E-state index in [1.807, 2.05) is 4.90 Å². The number of hydrogen-bond donors (Lipinski definition) is 4. The second-order valence-corrected chi connectivity index (χ2v) is 5.36. The number of carbonyl (C=O) groups excluding carboxylic acids is 1. The number of piperidine rings is 1. The number of rotatable bonds is 8. The van der Waals surface area contributed by atoms with Crippen molar-refractivity contribution in [1.82, 2.24) is 10.2 Å². The first-order valence-corrected chi connectivity index (χ1v) is 7.10. The van der Waals surface area contributed by atoms with Crippen LogP contribution in [0.2, 0.25) is 0 Å². The number of hydrogen-bond acceptors (Lipinski definition) is 5. The molecule has 0 unspecified atom stereocenters. The molecule has 1 amide bonds. The number of carbonyl (C=O) groups is 3. The van der Waals surface area contributed by atoms with Gasteiger partial charge in [-0.05, 0) is 25.7 Å². The summed E-state index contributed by atoms with van der Waals surface area (Å²) in [6, 6.07) is -0.865. The Morgan fingerprint density at radius 2 is 1.86 bits per heavy atom. The summed E-state index contributed by atoms with van der Waals surface area (Å²) < 4.78 is 0. The van der Waals surface area contributed by atoms with Gasteiger partial charge in [0.2, 0.25) is 5.91 Å². The van der Waals surface area contributed by atoms with Crippen LogP contribution in [-0.4, -0.2) is 64.7 Å². The van der Waals surface area contributed by atoms with Crippen molar-refractivity contribution in [3.8, 4) is 0 Å². The summed E-state index contributed by atoms with van der Waals surface area (Å²) in [6.07, 6.45) is 1.87. The fraction of sp³-hybridized carbons (Fsp3) is 0.769. The largest absolute Gasteiger partial charge is 0.481 e. The molecule has 1 atom stereocenters. The SMILES string of the molecule is NC1CCN(CC(=O)N[C@H](CCCC(=O)O)C(=O)O)CC1. The van der Waals surface area contributed by atoms with Crippen molar-refractivity contribution < 1.29 is 24.6 Å². The van der Waals surface area contributed by atoms with Gasteiger partial charge in [0.05, 0.1) is 6.54 Å². The van der Waals surface area contributed by atoms with Gasteiger partial charge in [-0.1, -0.05) is 0 Å². The van der Waals surface area contributed by atoms with Crippen molar-refractivity contribution in [3.63, 3.8) is 0 Å². The van der Waals surface area contributed by atoms with Gasteiger partial charge in [0, 0.05) is 25.6 Å². The molecule has 0 bridgehead atoms. The van der Waals surface area contributed by atoms with Gasteiger partial charge in [-0.25, -0.2) is 4.79 Å². The first-order chi connectivity index (χ1) is 9.88. The highest BCUT2D eigenvalue weighted by Gasteiger charge is 2.23. The molecular weight excluding hydrogens is 278 g/mol. The Hall–Kier alpha value is -1.67. The van der Waals surface area contributed by atoms with E-state index in [-0.39, 0.29) is 37.8 Å². The number of nitrogens with two attached hydrogens (primary N) is 1. The fourth-order valence-electron chi connectivity index (χ4n) is 2.27. The highest BCUT2D eigenvalue weighted by Crippen LogP contribution is 2.08. The first kappa shape index (κ1) is 17.4. The van der Waals surface area contributed by atoms with E-state index in [1.54, 1.807) is 0 Å². The normalized spacial score (nSPS) is 18.1. The lowest BCUT2D eigenvalue weighted by Crippen LogP contribution is -2.48. The molecule has 1 aliphatic rings. The van der Waals surface area contributed by atoms with E-state index in [0.29, 0.717) is 0 Å². The van der Waals surface area contributed by atoms with Crippen LogP contribution in [0.1, 0.15) is 32.1 Å². The molecule has 1 fully saturated rings. The average molecular weight is 301 g/mol. The third-order valence-corrected chi connectivity index (χ3v) is 3.52. The summed E-state index contributed by atoms with van der Waals surface area (Å²) in [5.74, 6) is -2.47. The maximum Gasteiger partial charge on any atom is 0.326 e. The molecule has 1 aliphatic heterocycles. The van der Waals surface area contributed by atoms with Gasteiger partial charge < -0.3 is 21.3 Å². The number of carboxylic acids is 2. The topological polar surface area (TPSA) is 133 Å². The summed E-state index contributed by atoms with van der Waals surface area (Å²) in [5, 5.41) is 20.0. The van der Waals surface area contributed by atoms with E-state index in [9.17, 15) is 14.4 Å². The predicted octanol–water partition coefficient (Wildman–Crippen LogP) is -0.766. The Kier molecular flexibility index (Phi) is 7.10. The van der Waals surface area contributed by atoms with Crippen LogP contribution in [0.5, 0.6) is 0 Å². The number of amides is 1. The van der Waals surface area contributed by atoms with Gasteiger partial charge in [-0.15, -0.1) is 0 Å². The lowest BCUT2D eigenvalue weighted by Gasteiger charge is -2.29. The third kappa shape index (κ3) is 7.05. The Balaban J connectivity index is 2.34. The molecule has 1 rings (SSSR count). The monoisotopic (exact) mass is 301 g/mol. The van der Waals surface area contributed by atoms with E-state index in [2.05, 4.69) is 5.32 Å². The minimum Gasteiger partial charge on any atom is -0.481 e. The first-order valence-electron chi connectivity index (χ1n) is 7.10. The van der Waals surface area contributed by atoms with Gasteiger partial charge in [-0.3, -0.25) is 14.5 Å². The Morgan fingerprint density at radius 1 is 1.24 bits per heavy atom. The van der Waals surface area contributed by atoms with Crippen molar-refractivity contribution in [2.45, 2.75) is 44.2 Å². The summed E-state index contributed by atoms with van der Waals surface area (Å²) in [5.41, 5.74) is 5.77. The maximum atomic E-state index is 11.8. The molecule has 1 saturated heterocycles. The molecule has 0 aliphatic carbocycles. The molecule has 8 nitrogen and oxygen atoms in total. The highest BCUT2D eigenvalue weighted by molar-refractivity contribution is 5.84. The molecule has 0 spiro atoms. The van der Waals surface area contributed by atoms with Crippen LogP contribution in [0, 0.1) is 0 Å². The molecule has 0 aromatic heterocycles. The minimum atomic E-state index is -1.14. The molecule has 120 valence electrons. The van der Waals surface area contributed by atoms with Crippen LogP contribution in [0.3, 0.4) is 0 Å². The molecule has 0 radical (unpaired) electrons. The zero-order valence-electron chi connectivity index (χ0n) is 12.0. The van der Waals surface area contributed by atoms with E-state index >= 15 is 0 Å². The third-order valence-electron chi connectivity index (χ3n) is 3.52. The van der Waals surface area contributed by atoms with Crippen LogP contribution in [-0.2, 0) is 14.4 Å². The second kappa shape index (κ2) is 8.58. The van der Waals surface area contributed by atoms with Gasteiger partial charge in [0.15, 0.2) is 0 Å². The number of nitrogens with zero attached hydrogens (tertiary/aromatic N) is 1. The highest BCUT2D eigenvalue weighted by atomic mass is 16.4. The summed E-state index contributed by atoms with van der Waals surface area (Å²) >= 11 is 0. The molecule has 0 aromatic carbocycles.